The summed E-state index contributed by atoms with van der Waals surface area (Å²) < 4.78 is 18.9. The molecule has 6 heteroatoms. The predicted molar refractivity (Wildman–Crippen MR) is 123 cm³/mol. The van der Waals surface area contributed by atoms with Crippen molar-refractivity contribution < 1.29 is 8.94 Å². The van der Waals surface area contributed by atoms with Crippen LogP contribution in [0.5, 0.6) is 5.75 Å². The van der Waals surface area contributed by atoms with Gasteiger partial charge in [0.05, 0.1) is 5.69 Å². The van der Waals surface area contributed by atoms with Crippen molar-refractivity contribution in [2.24, 2.45) is 4.74 Å². The summed E-state index contributed by atoms with van der Waals surface area (Å²) in [5.74, 6) is 1.58. The molecule has 3 nitrogen and oxygen atoms in total. The van der Waals surface area contributed by atoms with Crippen LogP contribution < -0.4 is 10.0 Å². The lowest BCUT2D eigenvalue weighted by Crippen LogP contribution is -2.26. The topological polar surface area (TPSA) is 34.7 Å². The Hall–Kier alpha value is -1.48. The Bertz CT molecular complexity index is 1050. The summed E-state index contributed by atoms with van der Waals surface area (Å²) >= 11 is 9.90. The highest BCUT2D eigenvalue weighted by molar-refractivity contribution is 9.10. The Balaban J connectivity index is 2.29. The molecular formula is C22H24BrClNO2P. The minimum Gasteiger partial charge on any atom is -0.457 e. The van der Waals surface area contributed by atoms with E-state index in [4.69, 9.17) is 25.3 Å². The second kappa shape index (κ2) is 8.10. The average Bonchev–Trinajstić information content (AvgIpc) is 3.03. The quantitative estimate of drug-likeness (QED) is 0.352. The molecule has 1 atom stereocenters. The minimum absolute atomic E-state index is 0.309. The molecule has 1 unspecified atom stereocenters. The van der Waals surface area contributed by atoms with Gasteiger partial charge < -0.3 is 8.94 Å². The Labute approximate surface area is 180 Å². The van der Waals surface area contributed by atoms with Gasteiger partial charge in [-0.2, -0.15) is 0 Å². The third-order valence-electron chi connectivity index (χ3n) is 4.38. The summed E-state index contributed by atoms with van der Waals surface area (Å²) in [7, 11) is -2.63. The van der Waals surface area contributed by atoms with E-state index < -0.39 is 7.28 Å². The number of furan rings is 1. The molecule has 0 saturated heterocycles. The van der Waals surface area contributed by atoms with Crippen LogP contribution in [0.4, 0.5) is 5.69 Å². The average molecular weight is 481 g/mol. The minimum atomic E-state index is -2.63. The number of halogens is 2. The van der Waals surface area contributed by atoms with Crippen LogP contribution in [0.1, 0.15) is 32.1 Å². The van der Waals surface area contributed by atoms with Crippen LogP contribution in [0.3, 0.4) is 0 Å². The summed E-state index contributed by atoms with van der Waals surface area (Å²) in [6.07, 6.45) is 0. The van der Waals surface area contributed by atoms with Crippen LogP contribution in [0.15, 0.2) is 68.2 Å². The highest BCUT2D eigenvalue weighted by atomic mass is 79.9. The fourth-order valence-corrected chi connectivity index (χ4v) is 6.23. The van der Waals surface area contributed by atoms with Crippen molar-refractivity contribution in [1.82, 2.24) is 0 Å². The summed E-state index contributed by atoms with van der Waals surface area (Å²) in [6, 6.07) is 17.6. The van der Waals surface area contributed by atoms with Gasteiger partial charge in [-0.25, -0.2) is 4.74 Å². The Morgan fingerprint density at radius 1 is 1.04 bits per heavy atom. The second-order valence-electron chi connectivity index (χ2n) is 7.71. The highest BCUT2D eigenvalue weighted by Crippen LogP contribution is 2.62. The lowest BCUT2D eigenvalue weighted by atomic mass is 10.2. The second-order valence-corrected chi connectivity index (χ2v) is 12.4. The van der Waals surface area contributed by atoms with E-state index in [-0.39, 0.29) is 5.16 Å². The van der Waals surface area contributed by atoms with E-state index in [2.05, 4.69) is 36.7 Å². The first kappa shape index (κ1) is 21.2. The van der Waals surface area contributed by atoms with E-state index in [1.165, 1.54) is 0 Å². The van der Waals surface area contributed by atoms with Crippen molar-refractivity contribution in [3.05, 3.63) is 75.4 Å². The maximum atomic E-state index is 6.70. The molecule has 28 heavy (non-hydrogen) atoms. The molecular weight excluding hydrogens is 457 g/mol. The van der Waals surface area contributed by atoms with Gasteiger partial charge in [0, 0.05) is 14.7 Å². The fraction of sp³-hybridized carbons (Fsp3) is 0.273. The zero-order valence-electron chi connectivity index (χ0n) is 16.7. The zero-order valence-corrected chi connectivity index (χ0v) is 19.9. The number of aryl methyl sites for hydroxylation is 2. The molecule has 0 amide bonds. The molecule has 0 N–H and O–H groups in total. The van der Waals surface area contributed by atoms with Gasteiger partial charge in [-0.1, -0.05) is 60.4 Å². The molecule has 3 rings (SSSR count). The van der Waals surface area contributed by atoms with Crippen molar-refractivity contribution in [3.63, 3.8) is 0 Å². The fourth-order valence-electron chi connectivity index (χ4n) is 2.80. The molecule has 0 aliphatic rings. The molecule has 148 valence electrons. The SMILES string of the molecule is Cc1ccc(P(=Nc2ccc(C)c(Cl)c2)(Oc2cccc(Br)c2)C(C)(C)C)o1. The van der Waals surface area contributed by atoms with Gasteiger partial charge >= 0.3 is 0 Å². The molecule has 3 aromatic rings. The molecule has 0 aliphatic heterocycles. The summed E-state index contributed by atoms with van der Waals surface area (Å²) in [6.45, 7) is 10.3. The Morgan fingerprint density at radius 2 is 1.79 bits per heavy atom. The van der Waals surface area contributed by atoms with Crippen molar-refractivity contribution >= 4 is 46.0 Å². The van der Waals surface area contributed by atoms with E-state index in [0.29, 0.717) is 5.02 Å². The van der Waals surface area contributed by atoms with E-state index in [9.17, 15) is 0 Å². The van der Waals surface area contributed by atoms with Crippen LogP contribution in [-0.4, -0.2) is 5.16 Å². The van der Waals surface area contributed by atoms with Crippen molar-refractivity contribution in [3.8, 4) is 5.75 Å². The summed E-state index contributed by atoms with van der Waals surface area (Å²) in [5, 5.41) is 0.378. The van der Waals surface area contributed by atoms with E-state index >= 15 is 0 Å². The third kappa shape index (κ3) is 4.40. The van der Waals surface area contributed by atoms with E-state index in [0.717, 1.165) is 32.7 Å². The maximum absolute atomic E-state index is 6.70. The van der Waals surface area contributed by atoms with Crippen LogP contribution in [0.2, 0.25) is 5.02 Å². The van der Waals surface area contributed by atoms with E-state index in [1.807, 2.05) is 68.4 Å². The first-order valence-corrected chi connectivity index (χ1v) is 11.8. The molecule has 1 aromatic heterocycles. The van der Waals surface area contributed by atoms with Crippen LogP contribution in [0.25, 0.3) is 0 Å². The van der Waals surface area contributed by atoms with Gasteiger partial charge in [-0.15, -0.1) is 0 Å². The molecule has 0 spiro atoms. The van der Waals surface area contributed by atoms with E-state index in [1.54, 1.807) is 0 Å². The summed E-state index contributed by atoms with van der Waals surface area (Å²) in [5.41, 5.74) is 2.55. The molecule has 0 aliphatic carbocycles. The van der Waals surface area contributed by atoms with Gasteiger partial charge in [-0.05, 0) is 61.9 Å². The maximum Gasteiger partial charge on any atom is 0.207 e. The Morgan fingerprint density at radius 3 is 2.36 bits per heavy atom. The van der Waals surface area contributed by atoms with Crippen molar-refractivity contribution in [2.75, 3.05) is 0 Å². The lowest BCUT2D eigenvalue weighted by Gasteiger charge is -2.35. The number of rotatable bonds is 4. The van der Waals surface area contributed by atoms with Crippen LogP contribution in [-0.2, 0) is 0 Å². The van der Waals surface area contributed by atoms with Gasteiger partial charge in [0.2, 0.25) is 7.28 Å². The molecule has 1 heterocycles. The number of hydrogen-bond donors (Lipinski definition) is 0. The summed E-state index contributed by atoms with van der Waals surface area (Å²) in [4.78, 5) is 0. The number of nitrogens with zero attached hydrogens (tertiary/aromatic N) is 1. The van der Waals surface area contributed by atoms with Crippen molar-refractivity contribution in [2.45, 2.75) is 39.8 Å². The Kier molecular flexibility index (Phi) is 6.14. The smallest absolute Gasteiger partial charge is 0.207 e. The third-order valence-corrected chi connectivity index (χ3v) is 8.92. The van der Waals surface area contributed by atoms with Gasteiger partial charge in [0.25, 0.3) is 0 Å². The standard InChI is InChI=1S/C22H24BrClNO2P/c1-15-9-11-18(14-20(15)24)25-28(22(3,4)5,21-12-10-16(2)26-21)27-19-8-6-7-17(23)13-19/h6-14H,1-5H3. The lowest BCUT2D eigenvalue weighted by molar-refractivity contribution is 0.527. The van der Waals surface area contributed by atoms with Gasteiger partial charge in [0.1, 0.15) is 11.5 Å². The number of hydrogen-bond acceptors (Lipinski definition) is 3. The molecule has 0 fully saturated rings. The van der Waals surface area contributed by atoms with Crippen molar-refractivity contribution in [1.29, 1.82) is 0 Å². The molecule has 0 radical (unpaired) electrons. The predicted octanol–water partition coefficient (Wildman–Crippen LogP) is 8.26. The zero-order chi connectivity index (χ0) is 20.5. The molecule has 2 aromatic carbocycles. The van der Waals surface area contributed by atoms with Gasteiger partial charge in [0.15, 0.2) is 5.50 Å². The molecule has 0 bridgehead atoms. The van der Waals surface area contributed by atoms with Crippen LogP contribution >= 0.6 is 34.8 Å². The highest BCUT2D eigenvalue weighted by Gasteiger charge is 2.41. The largest absolute Gasteiger partial charge is 0.457 e. The normalized spacial score (nSPS) is 13.8. The molecule has 0 saturated carbocycles. The first-order chi connectivity index (χ1) is 13.1. The first-order valence-electron chi connectivity index (χ1n) is 9.01. The van der Waals surface area contributed by atoms with Crippen LogP contribution in [0, 0.1) is 13.8 Å². The van der Waals surface area contributed by atoms with Gasteiger partial charge in [-0.3, -0.25) is 0 Å². The monoisotopic (exact) mass is 479 g/mol. The number of benzene rings is 2.